The largest absolute Gasteiger partial charge is 0.481 e. The van der Waals surface area contributed by atoms with Gasteiger partial charge in [-0.25, -0.2) is 0 Å². The lowest BCUT2D eigenvalue weighted by atomic mass is 10.1. The van der Waals surface area contributed by atoms with Gasteiger partial charge in [-0.15, -0.1) is 0 Å². The lowest BCUT2D eigenvalue weighted by Gasteiger charge is -2.11. The zero-order valence-corrected chi connectivity index (χ0v) is 10.3. The third-order valence-corrected chi connectivity index (χ3v) is 2.41. The minimum Gasteiger partial charge on any atom is -0.481 e. The van der Waals surface area contributed by atoms with Crippen LogP contribution in [-0.2, 0) is 4.79 Å². The molecule has 0 bridgehead atoms. The summed E-state index contributed by atoms with van der Waals surface area (Å²) in [7, 11) is 0. The molecule has 0 spiro atoms. The third-order valence-electron chi connectivity index (χ3n) is 2.41. The number of carboxylic acids is 1. The maximum absolute atomic E-state index is 11.7. The van der Waals surface area contributed by atoms with Gasteiger partial charge in [-0.2, -0.15) is 0 Å². The van der Waals surface area contributed by atoms with Crippen LogP contribution in [0.2, 0.25) is 0 Å². The molecule has 96 valence electrons. The SMILES string of the molecule is CC(=O)c1ccc(C(=O)NC(C)CC(=O)O)cc1. The van der Waals surface area contributed by atoms with Crippen LogP contribution in [0.4, 0.5) is 0 Å². The summed E-state index contributed by atoms with van der Waals surface area (Å²) < 4.78 is 0. The number of carbonyl (C=O) groups excluding carboxylic acids is 2. The van der Waals surface area contributed by atoms with Gasteiger partial charge in [0, 0.05) is 17.2 Å². The van der Waals surface area contributed by atoms with Gasteiger partial charge in [0.2, 0.25) is 0 Å². The maximum Gasteiger partial charge on any atom is 0.305 e. The fourth-order valence-electron chi connectivity index (χ4n) is 1.48. The van der Waals surface area contributed by atoms with Gasteiger partial charge >= 0.3 is 5.97 Å². The molecular weight excluding hydrogens is 234 g/mol. The summed E-state index contributed by atoms with van der Waals surface area (Å²) in [4.78, 5) is 33.2. The third kappa shape index (κ3) is 4.01. The number of nitrogens with one attached hydrogen (secondary N) is 1. The van der Waals surface area contributed by atoms with E-state index in [4.69, 9.17) is 5.11 Å². The van der Waals surface area contributed by atoms with Gasteiger partial charge in [-0.3, -0.25) is 14.4 Å². The second kappa shape index (κ2) is 5.95. The van der Waals surface area contributed by atoms with E-state index in [1.165, 1.54) is 6.92 Å². The van der Waals surface area contributed by atoms with Crippen LogP contribution in [0.3, 0.4) is 0 Å². The lowest BCUT2D eigenvalue weighted by molar-refractivity contribution is -0.137. The number of hydrogen-bond donors (Lipinski definition) is 2. The summed E-state index contributed by atoms with van der Waals surface area (Å²) in [5.74, 6) is -1.38. The Morgan fingerprint density at radius 1 is 1.17 bits per heavy atom. The van der Waals surface area contributed by atoms with Crippen molar-refractivity contribution in [3.05, 3.63) is 35.4 Å². The first-order valence-corrected chi connectivity index (χ1v) is 5.54. The van der Waals surface area contributed by atoms with Crippen LogP contribution in [-0.4, -0.2) is 28.8 Å². The van der Waals surface area contributed by atoms with Crippen LogP contribution >= 0.6 is 0 Å². The van der Waals surface area contributed by atoms with Gasteiger partial charge in [-0.1, -0.05) is 12.1 Å². The Kier molecular flexibility index (Phi) is 4.59. The second-order valence-corrected chi connectivity index (χ2v) is 4.11. The van der Waals surface area contributed by atoms with Gasteiger partial charge in [0.05, 0.1) is 6.42 Å². The molecule has 0 saturated heterocycles. The Balaban J connectivity index is 2.67. The summed E-state index contributed by atoms with van der Waals surface area (Å²) in [6.45, 7) is 3.07. The Morgan fingerprint density at radius 2 is 1.67 bits per heavy atom. The number of carboxylic acid groups (broad SMARTS) is 1. The van der Waals surface area contributed by atoms with Crippen LogP contribution in [0, 0.1) is 0 Å². The molecule has 0 aliphatic heterocycles. The van der Waals surface area contributed by atoms with Gasteiger partial charge in [-0.05, 0) is 26.0 Å². The molecule has 18 heavy (non-hydrogen) atoms. The number of Topliss-reactive ketones (excluding diaryl/α,β-unsaturated/α-hetero) is 1. The Bertz CT molecular complexity index is 464. The number of rotatable bonds is 5. The summed E-state index contributed by atoms with van der Waals surface area (Å²) in [6.07, 6.45) is -0.128. The van der Waals surface area contributed by atoms with E-state index in [9.17, 15) is 14.4 Å². The highest BCUT2D eigenvalue weighted by Gasteiger charge is 2.12. The molecule has 0 radical (unpaired) electrons. The minimum absolute atomic E-state index is 0.0683. The summed E-state index contributed by atoms with van der Waals surface area (Å²) in [6, 6.07) is 5.78. The van der Waals surface area contributed by atoms with Crippen LogP contribution in [0.25, 0.3) is 0 Å². The first-order valence-electron chi connectivity index (χ1n) is 5.54. The molecule has 1 rings (SSSR count). The van der Waals surface area contributed by atoms with E-state index < -0.39 is 12.0 Å². The molecule has 1 aromatic rings. The highest BCUT2D eigenvalue weighted by molar-refractivity contribution is 5.97. The Morgan fingerprint density at radius 3 is 2.11 bits per heavy atom. The van der Waals surface area contributed by atoms with Gasteiger partial charge in [0.25, 0.3) is 5.91 Å². The van der Waals surface area contributed by atoms with Crippen molar-refractivity contribution >= 4 is 17.7 Å². The predicted molar refractivity (Wildman–Crippen MR) is 65.6 cm³/mol. The first-order chi connectivity index (χ1) is 8.40. The molecule has 5 heteroatoms. The molecule has 2 N–H and O–H groups in total. The van der Waals surface area contributed by atoms with Gasteiger partial charge in [0.15, 0.2) is 5.78 Å². The molecule has 1 atom stereocenters. The van der Waals surface area contributed by atoms with Crippen molar-refractivity contribution in [3.63, 3.8) is 0 Å². The van der Waals surface area contributed by atoms with E-state index in [2.05, 4.69) is 5.32 Å². The number of aliphatic carboxylic acids is 1. The molecular formula is C13H15NO4. The monoisotopic (exact) mass is 249 g/mol. The van der Waals surface area contributed by atoms with Crippen molar-refractivity contribution in [2.75, 3.05) is 0 Å². The molecule has 0 fully saturated rings. The Labute approximate surface area is 105 Å². The number of benzene rings is 1. The van der Waals surface area contributed by atoms with E-state index in [0.29, 0.717) is 11.1 Å². The van der Waals surface area contributed by atoms with E-state index in [1.807, 2.05) is 0 Å². The number of amides is 1. The standard InChI is InChI=1S/C13H15NO4/c1-8(7-12(16)17)14-13(18)11-5-3-10(4-6-11)9(2)15/h3-6,8H,7H2,1-2H3,(H,14,18)(H,16,17). The van der Waals surface area contributed by atoms with Gasteiger partial charge in [0.1, 0.15) is 0 Å². The van der Waals surface area contributed by atoms with E-state index in [0.717, 1.165) is 0 Å². The smallest absolute Gasteiger partial charge is 0.305 e. The average molecular weight is 249 g/mol. The number of hydrogen-bond acceptors (Lipinski definition) is 3. The van der Waals surface area contributed by atoms with Crippen LogP contribution < -0.4 is 5.32 Å². The summed E-state index contributed by atoms with van der Waals surface area (Å²) in [5.41, 5.74) is 0.933. The summed E-state index contributed by atoms with van der Waals surface area (Å²) >= 11 is 0. The van der Waals surface area contributed by atoms with Crippen molar-refractivity contribution in [1.82, 2.24) is 5.32 Å². The molecule has 1 unspecified atom stereocenters. The van der Waals surface area contributed by atoms with Crippen molar-refractivity contribution in [1.29, 1.82) is 0 Å². The second-order valence-electron chi connectivity index (χ2n) is 4.11. The number of carbonyl (C=O) groups is 3. The molecule has 0 saturated carbocycles. The van der Waals surface area contributed by atoms with Crippen LogP contribution in [0.5, 0.6) is 0 Å². The molecule has 1 aromatic carbocycles. The zero-order chi connectivity index (χ0) is 13.7. The average Bonchev–Trinajstić information content (AvgIpc) is 2.27. The maximum atomic E-state index is 11.7. The van der Waals surface area contributed by atoms with Crippen LogP contribution in [0.15, 0.2) is 24.3 Å². The highest BCUT2D eigenvalue weighted by atomic mass is 16.4. The highest BCUT2D eigenvalue weighted by Crippen LogP contribution is 2.06. The van der Waals surface area contributed by atoms with Crippen molar-refractivity contribution < 1.29 is 19.5 Å². The molecule has 0 aromatic heterocycles. The van der Waals surface area contributed by atoms with Crippen molar-refractivity contribution in [3.8, 4) is 0 Å². The fourth-order valence-corrected chi connectivity index (χ4v) is 1.48. The quantitative estimate of drug-likeness (QED) is 0.774. The topological polar surface area (TPSA) is 83.5 Å². The van der Waals surface area contributed by atoms with Crippen molar-refractivity contribution in [2.45, 2.75) is 26.3 Å². The molecule has 0 aliphatic carbocycles. The fraction of sp³-hybridized carbons (Fsp3) is 0.308. The normalized spacial score (nSPS) is 11.7. The number of ketones is 1. The molecule has 0 aliphatic rings. The minimum atomic E-state index is -0.963. The van der Waals surface area contributed by atoms with E-state index in [-0.39, 0.29) is 18.1 Å². The van der Waals surface area contributed by atoms with E-state index >= 15 is 0 Å². The Hall–Kier alpha value is -2.17. The predicted octanol–water partition coefficient (Wildman–Crippen LogP) is 1.48. The zero-order valence-electron chi connectivity index (χ0n) is 10.3. The molecule has 0 heterocycles. The lowest BCUT2D eigenvalue weighted by Crippen LogP contribution is -2.34. The van der Waals surface area contributed by atoms with Crippen LogP contribution in [0.1, 0.15) is 41.0 Å². The molecule has 1 amide bonds. The summed E-state index contributed by atoms with van der Waals surface area (Å²) in [5, 5.41) is 11.1. The van der Waals surface area contributed by atoms with E-state index in [1.54, 1.807) is 31.2 Å². The van der Waals surface area contributed by atoms with Crippen molar-refractivity contribution in [2.24, 2.45) is 0 Å². The molecule has 5 nitrogen and oxygen atoms in total. The first kappa shape index (κ1) is 13.9. The van der Waals surface area contributed by atoms with Gasteiger partial charge < -0.3 is 10.4 Å².